The Bertz CT molecular complexity index is 643. The van der Waals surface area contributed by atoms with E-state index in [9.17, 15) is 22.0 Å². The molecular weight excluding hydrogens is 311 g/mol. The molecule has 0 bridgehead atoms. The van der Waals surface area contributed by atoms with Crippen LogP contribution in [0.15, 0.2) is 11.4 Å². The lowest BCUT2D eigenvalue weighted by molar-refractivity contribution is 0.381. The number of hydrogen-bond donors (Lipinski definition) is 0. The van der Waals surface area contributed by atoms with Gasteiger partial charge in [-0.3, -0.25) is 0 Å². The first-order chi connectivity index (χ1) is 9.14. The van der Waals surface area contributed by atoms with E-state index < -0.39 is 42.7 Å². The Balaban J connectivity index is 2.68. The Hall–Kier alpha value is -1.21. The molecule has 0 unspecified atom stereocenters. The monoisotopic (exact) mass is 322 g/mol. The molecule has 0 spiro atoms. The average molecular weight is 322 g/mol. The number of halogens is 5. The number of rotatable bonds is 2. The van der Waals surface area contributed by atoms with E-state index in [-0.39, 0.29) is 5.56 Å². The van der Waals surface area contributed by atoms with Gasteiger partial charge in [0.15, 0.2) is 23.3 Å². The minimum absolute atomic E-state index is 0.0280. The molecule has 0 atom stereocenters. The molecule has 1 aromatic heterocycles. The summed E-state index contributed by atoms with van der Waals surface area (Å²) in [6.07, 6.45) is 0. The van der Waals surface area contributed by atoms with Gasteiger partial charge >= 0.3 is 0 Å². The smallest absolute Gasteiger partial charge is 0.200 e. The predicted octanol–water partition coefficient (Wildman–Crippen LogP) is 4.66. The molecule has 0 aliphatic carbocycles. The van der Waals surface area contributed by atoms with Crippen LogP contribution in [0.5, 0.6) is 0 Å². The van der Waals surface area contributed by atoms with Gasteiger partial charge in [0.2, 0.25) is 5.82 Å². The average Bonchev–Trinajstić information content (AvgIpc) is 2.83. The Morgan fingerprint density at radius 2 is 1.25 bits per heavy atom. The van der Waals surface area contributed by atoms with Gasteiger partial charge in [-0.05, 0) is 21.5 Å². The summed E-state index contributed by atoms with van der Waals surface area (Å²) in [4.78, 5) is 0. The fourth-order valence-electron chi connectivity index (χ4n) is 1.72. The molecule has 0 aliphatic rings. The van der Waals surface area contributed by atoms with Gasteiger partial charge in [-0.25, -0.2) is 22.0 Å². The van der Waals surface area contributed by atoms with E-state index in [0.717, 1.165) is 4.50 Å². The van der Waals surface area contributed by atoms with Gasteiger partial charge < -0.3 is 0 Å². The second kappa shape index (κ2) is 4.96. The third-order valence-electron chi connectivity index (χ3n) is 2.84. The third-order valence-corrected chi connectivity index (χ3v) is 7.39. The molecule has 0 fully saturated rings. The highest BCUT2D eigenvalue weighted by Gasteiger charge is 2.28. The van der Waals surface area contributed by atoms with Crippen LogP contribution in [0.4, 0.5) is 22.0 Å². The van der Waals surface area contributed by atoms with E-state index in [1.807, 2.05) is 19.6 Å². The molecule has 2 aromatic rings. The zero-order valence-electron chi connectivity index (χ0n) is 11.0. The van der Waals surface area contributed by atoms with E-state index in [2.05, 4.69) is 0 Å². The second-order valence-corrected chi connectivity index (χ2v) is 11.7. The van der Waals surface area contributed by atoms with Crippen molar-refractivity contribution in [3.8, 4) is 11.1 Å². The van der Waals surface area contributed by atoms with Crippen molar-refractivity contribution in [1.29, 1.82) is 0 Å². The Morgan fingerprint density at radius 1 is 0.800 bits per heavy atom. The summed E-state index contributed by atoms with van der Waals surface area (Å²) in [5.41, 5.74) is -0.831. The van der Waals surface area contributed by atoms with E-state index in [0.29, 0.717) is 0 Å². The van der Waals surface area contributed by atoms with Crippen molar-refractivity contribution in [3.05, 3.63) is 40.5 Å². The van der Waals surface area contributed by atoms with Gasteiger partial charge in [0.25, 0.3) is 0 Å². The largest absolute Gasteiger partial charge is 0.203 e. The highest BCUT2D eigenvalue weighted by Crippen LogP contribution is 2.32. The number of hydrogen-bond acceptors (Lipinski definition) is 1. The fraction of sp³-hybridized carbons (Fsp3) is 0.231. The van der Waals surface area contributed by atoms with Crippen LogP contribution in [0.3, 0.4) is 0 Å². The minimum Gasteiger partial charge on any atom is -0.203 e. The molecule has 2 rings (SSSR count). The summed E-state index contributed by atoms with van der Waals surface area (Å²) in [6, 6.07) is 1.51. The van der Waals surface area contributed by atoms with Gasteiger partial charge in [-0.2, -0.15) is 11.3 Å². The van der Waals surface area contributed by atoms with Crippen LogP contribution < -0.4 is 4.50 Å². The fourth-order valence-corrected chi connectivity index (χ4v) is 4.53. The number of benzene rings is 1. The molecule has 0 saturated carbocycles. The first kappa shape index (κ1) is 15.2. The summed E-state index contributed by atoms with van der Waals surface area (Å²) in [7, 11) is -1.71. The molecule has 0 nitrogen and oxygen atoms in total. The first-order valence-electron chi connectivity index (χ1n) is 5.75. The predicted molar refractivity (Wildman–Crippen MR) is 72.5 cm³/mol. The summed E-state index contributed by atoms with van der Waals surface area (Å²) >= 11 is 1.27. The van der Waals surface area contributed by atoms with Crippen molar-refractivity contribution in [2.45, 2.75) is 19.6 Å². The highest BCUT2D eigenvalue weighted by atomic mass is 32.1. The van der Waals surface area contributed by atoms with Gasteiger partial charge in [-0.15, -0.1) is 0 Å². The van der Waals surface area contributed by atoms with Crippen LogP contribution in [0.2, 0.25) is 19.6 Å². The van der Waals surface area contributed by atoms with E-state index >= 15 is 0 Å². The lowest BCUT2D eigenvalue weighted by atomic mass is 10.1. The molecule has 1 aromatic carbocycles. The zero-order chi connectivity index (χ0) is 15.2. The van der Waals surface area contributed by atoms with Crippen molar-refractivity contribution >= 4 is 23.9 Å². The van der Waals surface area contributed by atoms with Crippen LogP contribution in [-0.4, -0.2) is 8.07 Å². The quantitative estimate of drug-likeness (QED) is 0.327. The molecule has 20 heavy (non-hydrogen) atoms. The van der Waals surface area contributed by atoms with Crippen LogP contribution >= 0.6 is 11.3 Å². The maximum Gasteiger partial charge on any atom is 0.200 e. The third kappa shape index (κ3) is 2.40. The SMILES string of the molecule is C[Si](C)(C)c1cc(-c2c(F)c(F)c(F)c(F)c2F)cs1. The molecule has 0 N–H and O–H groups in total. The van der Waals surface area contributed by atoms with Crippen LogP contribution in [0, 0.1) is 29.1 Å². The van der Waals surface area contributed by atoms with Gasteiger partial charge in [-0.1, -0.05) is 19.6 Å². The molecular formula is C13H11F5SSi. The Morgan fingerprint density at radius 3 is 1.65 bits per heavy atom. The van der Waals surface area contributed by atoms with E-state index in [1.54, 1.807) is 0 Å². The molecule has 1 heterocycles. The summed E-state index contributed by atoms with van der Waals surface area (Å²) in [5, 5.41) is 1.42. The zero-order valence-corrected chi connectivity index (χ0v) is 12.8. The van der Waals surface area contributed by atoms with E-state index in [4.69, 9.17) is 0 Å². The normalized spacial score (nSPS) is 12.0. The van der Waals surface area contributed by atoms with Crippen LogP contribution in [-0.2, 0) is 0 Å². The molecule has 0 saturated heterocycles. The Kier molecular flexibility index (Phi) is 3.77. The van der Waals surface area contributed by atoms with Crippen molar-refractivity contribution in [3.63, 3.8) is 0 Å². The van der Waals surface area contributed by atoms with Gasteiger partial charge in [0, 0.05) is 0 Å². The standard InChI is InChI=1S/C13H11F5SSi/c1-20(2,3)7-4-6(5-19-7)8-9(14)11(16)13(18)12(17)10(8)15/h4-5H,1-3H3. The van der Waals surface area contributed by atoms with Crippen LogP contribution in [0.25, 0.3) is 11.1 Å². The first-order valence-corrected chi connectivity index (χ1v) is 10.1. The molecule has 0 radical (unpaired) electrons. The van der Waals surface area contributed by atoms with Crippen molar-refractivity contribution in [2.24, 2.45) is 0 Å². The second-order valence-electron chi connectivity index (χ2n) is 5.39. The number of thiophene rings is 1. The summed E-state index contributed by atoms with van der Waals surface area (Å²) in [5.74, 6) is -9.55. The molecule has 108 valence electrons. The van der Waals surface area contributed by atoms with Crippen molar-refractivity contribution < 1.29 is 22.0 Å². The molecule has 7 heteroatoms. The Labute approximate surface area is 117 Å². The lowest BCUT2D eigenvalue weighted by Crippen LogP contribution is -2.34. The minimum atomic E-state index is -2.13. The molecule has 0 aliphatic heterocycles. The maximum absolute atomic E-state index is 13.7. The molecule has 0 amide bonds. The van der Waals surface area contributed by atoms with E-state index in [1.165, 1.54) is 22.8 Å². The summed E-state index contributed by atoms with van der Waals surface area (Å²) in [6.45, 7) is 6.09. The summed E-state index contributed by atoms with van der Waals surface area (Å²) < 4.78 is 67.7. The topological polar surface area (TPSA) is 0 Å². The highest BCUT2D eigenvalue weighted by molar-refractivity contribution is 7.25. The van der Waals surface area contributed by atoms with Gasteiger partial charge in [0.1, 0.15) is 0 Å². The lowest BCUT2D eigenvalue weighted by Gasteiger charge is -2.12. The van der Waals surface area contributed by atoms with Crippen molar-refractivity contribution in [2.75, 3.05) is 0 Å². The van der Waals surface area contributed by atoms with Crippen LogP contribution in [0.1, 0.15) is 0 Å². The van der Waals surface area contributed by atoms with Crippen molar-refractivity contribution in [1.82, 2.24) is 0 Å². The van der Waals surface area contributed by atoms with Gasteiger partial charge in [0.05, 0.1) is 13.6 Å². The maximum atomic E-state index is 13.7.